The van der Waals surface area contributed by atoms with Crippen molar-refractivity contribution in [1.82, 2.24) is 4.98 Å². The third-order valence-corrected chi connectivity index (χ3v) is 4.85. The lowest BCUT2D eigenvalue weighted by Gasteiger charge is -2.01. The van der Waals surface area contributed by atoms with Gasteiger partial charge in [-0.25, -0.2) is 4.98 Å². The van der Waals surface area contributed by atoms with Crippen LogP contribution in [-0.2, 0) is 0 Å². The van der Waals surface area contributed by atoms with E-state index in [0.29, 0.717) is 10.7 Å². The number of hydrogen-bond acceptors (Lipinski definition) is 3. The molecular weight excluding hydrogens is 348 g/mol. The molecule has 0 atom stereocenters. The Morgan fingerprint density at radius 3 is 2.67 bits per heavy atom. The number of benzene rings is 2. The largest absolute Gasteiger partial charge is 0.298 e. The summed E-state index contributed by atoms with van der Waals surface area (Å²) in [4.78, 5) is 16.8. The average Bonchev–Trinajstić information content (AvgIpc) is 2.88. The van der Waals surface area contributed by atoms with Gasteiger partial charge in [0.25, 0.3) is 5.91 Å². The molecule has 2 aromatic carbocycles. The third kappa shape index (κ3) is 2.84. The molecule has 1 amide bonds. The van der Waals surface area contributed by atoms with Gasteiger partial charge < -0.3 is 0 Å². The Kier molecular flexibility index (Phi) is 3.78. The van der Waals surface area contributed by atoms with Gasteiger partial charge in [0.1, 0.15) is 0 Å². The van der Waals surface area contributed by atoms with Gasteiger partial charge in [-0.3, -0.25) is 10.1 Å². The predicted octanol–water partition coefficient (Wildman–Crippen LogP) is 4.93. The van der Waals surface area contributed by atoms with Gasteiger partial charge in [-0.05, 0) is 43.2 Å². The van der Waals surface area contributed by atoms with Crippen molar-refractivity contribution in [3.8, 4) is 0 Å². The molecule has 0 aliphatic rings. The number of nitrogens with one attached hydrogen (secondary N) is 1. The quantitative estimate of drug-likeness (QED) is 0.703. The van der Waals surface area contributed by atoms with Crippen LogP contribution >= 0.6 is 27.3 Å². The first-order valence-corrected chi connectivity index (χ1v) is 8.09. The molecule has 0 aliphatic heterocycles. The van der Waals surface area contributed by atoms with E-state index in [2.05, 4.69) is 45.3 Å². The van der Waals surface area contributed by atoms with Gasteiger partial charge in [0.15, 0.2) is 5.13 Å². The van der Waals surface area contributed by atoms with E-state index < -0.39 is 0 Å². The maximum absolute atomic E-state index is 12.2. The first-order valence-electron chi connectivity index (χ1n) is 6.48. The normalized spacial score (nSPS) is 10.8. The van der Waals surface area contributed by atoms with E-state index in [1.165, 1.54) is 16.9 Å². The van der Waals surface area contributed by atoms with Crippen molar-refractivity contribution < 1.29 is 4.79 Å². The lowest BCUT2D eigenvalue weighted by molar-refractivity contribution is 0.102. The Bertz CT molecular complexity index is 802. The number of rotatable bonds is 2. The Labute approximate surface area is 135 Å². The van der Waals surface area contributed by atoms with Crippen molar-refractivity contribution in [3.63, 3.8) is 0 Å². The molecule has 1 heterocycles. The zero-order valence-electron chi connectivity index (χ0n) is 11.6. The van der Waals surface area contributed by atoms with Gasteiger partial charge in [0.05, 0.1) is 10.2 Å². The number of halogens is 1. The molecule has 3 nitrogen and oxygen atoms in total. The van der Waals surface area contributed by atoms with Gasteiger partial charge in [-0.1, -0.05) is 45.5 Å². The molecule has 0 aliphatic carbocycles. The number of thiazole rings is 1. The molecule has 0 unspecified atom stereocenters. The molecule has 0 saturated heterocycles. The molecule has 1 N–H and O–H groups in total. The highest BCUT2D eigenvalue weighted by Gasteiger charge is 2.12. The molecule has 0 bridgehead atoms. The second kappa shape index (κ2) is 5.58. The number of amides is 1. The van der Waals surface area contributed by atoms with E-state index in [4.69, 9.17) is 0 Å². The van der Waals surface area contributed by atoms with Crippen LogP contribution in [0.15, 0.2) is 40.9 Å². The van der Waals surface area contributed by atoms with Gasteiger partial charge >= 0.3 is 0 Å². The maximum atomic E-state index is 12.2. The minimum Gasteiger partial charge on any atom is -0.298 e. The molecule has 106 valence electrons. The van der Waals surface area contributed by atoms with Crippen molar-refractivity contribution in [3.05, 3.63) is 57.6 Å². The molecule has 3 rings (SSSR count). The van der Waals surface area contributed by atoms with Crippen molar-refractivity contribution in [2.75, 3.05) is 5.32 Å². The van der Waals surface area contributed by atoms with Crippen LogP contribution in [0, 0.1) is 13.8 Å². The highest BCUT2D eigenvalue weighted by atomic mass is 79.9. The summed E-state index contributed by atoms with van der Waals surface area (Å²) in [5, 5.41) is 3.51. The molecule has 1 aromatic heterocycles. The first kappa shape index (κ1) is 14.2. The minimum atomic E-state index is -0.148. The van der Waals surface area contributed by atoms with Crippen molar-refractivity contribution in [2.24, 2.45) is 0 Å². The smallest absolute Gasteiger partial charge is 0.257 e. The van der Waals surface area contributed by atoms with Gasteiger partial charge in [-0.2, -0.15) is 0 Å². The van der Waals surface area contributed by atoms with E-state index >= 15 is 0 Å². The van der Waals surface area contributed by atoms with E-state index in [-0.39, 0.29) is 5.91 Å². The SMILES string of the molecule is Cc1ccc(C)c2sc(NC(=O)c3cccc(Br)c3)nc12. The van der Waals surface area contributed by atoms with Gasteiger partial charge in [0.2, 0.25) is 0 Å². The highest BCUT2D eigenvalue weighted by molar-refractivity contribution is 9.10. The molecule has 0 spiro atoms. The summed E-state index contributed by atoms with van der Waals surface area (Å²) in [5.41, 5.74) is 3.87. The fourth-order valence-electron chi connectivity index (χ4n) is 2.11. The lowest BCUT2D eigenvalue weighted by atomic mass is 10.1. The van der Waals surface area contributed by atoms with E-state index in [9.17, 15) is 4.79 Å². The molecular formula is C16H13BrN2OS. The third-order valence-electron chi connectivity index (χ3n) is 3.25. The predicted molar refractivity (Wildman–Crippen MR) is 91.2 cm³/mol. The number of carbonyl (C=O) groups is 1. The van der Waals surface area contributed by atoms with E-state index in [1.807, 2.05) is 19.1 Å². The zero-order valence-corrected chi connectivity index (χ0v) is 14.0. The summed E-state index contributed by atoms with van der Waals surface area (Å²) >= 11 is 4.88. The van der Waals surface area contributed by atoms with Crippen LogP contribution in [-0.4, -0.2) is 10.9 Å². The second-order valence-electron chi connectivity index (χ2n) is 4.86. The van der Waals surface area contributed by atoms with Crippen LogP contribution in [0.1, 0.15) is 21.5 Å². The maximum Gasteiger partial charge on any atom is 0.257 e. The molecule has 21 heavy (non-hydrogen) atoms. The Morgan fingerprint density at radius 1 is 1.19 bits per heavy atom. The minimum absolute atomic E-state index is 0.148. The van der Waals surface area contributed by atoms with Gasteiger partial charge in [-0.15, -0.1) is 0 Å². The van der Waals surface area contributed by atoms with Crippen molar-refractivity contribution in [1.29, 1.82) is 0 Å². The summed E-state index contributed by atoms with van der Waals surface area (Å²) in [7, 11) is 0. The summed E-state index contributed by atoms with van der Waals surface area (Å²) < 4.78 is 2.01. The fourth-order valence-corrected chi connectivity index (χ4v) is 3.52. The lowest BCUT2D eigenvalue weighted by Crippen LogP contribution is -2.11. The molecule has 0 radical (unpaired) electrons. The van der Waals surface area contributed by atoms with E-state index in [1.54, 1.807) is 12.1 Å². The highest BCUT2D eigenvalue weighted by Crippen LogP contribution is 2.31. The number of nitrogens with zero attached hydrogens (tertiary/aromatic N) is 1. The number of hydrogen-bond donors (Lipinski definition) is 1. The van der Waals surface area contributed by atoms with Crippen molar-refractivity contribution in [2.45, 2.75) is 13.8 Å². The topological polar surface area (TPSA) is 42.0 Å². The van der Waals surface area contributed by atoms with Crippen LogP contribution in [0.4, 0.5) is 5.13 Å². The fraction of sp³-hybridized carbons (Fsp3) is 0.125. The number of aromatic nitrogens is 1. The Hall–Kier alpha value is -1.72. The summed E-state index contributed by atoms with van der Waals surface area (Å²) in [6.07, 6.45) is 0. The van der Waals surface area contributed by atoms with E-state index in [0.717, 1.165) is 20.3 Å². The van der Waals surface area contributed by atoms with Crippen LogP contribution in [0.2, 0.25) is 0 Å². The molecule has 3 aromatic rings. The zero-order chi connectivity index (χ0) is 15.0. The summed E-state index contributed by atoms with van der Waals surface area (Å²) in [6.45, 7) is 4.08. The second-order valence-corrected chi connectivity index (χ2v) is 6.78. The summed E-state index contributed by atoms with van der Waals surface area (Å²) in [6, 6.07) is 11.4. The number of anilines is 1. The number of carbonyl (C=O) groups excluding carboxylic acids is 1. The Balaban J connectivity index is 1.93. The van der Waals surface area contributed by atoms with Crippen LogP contribution in [0.5, 0.6) is 0 Å². The molecule has 0 fully saturated rings. The average molecular weight is 361 g/mol. The first-order chi connectivity index (χ1) is 10.0. The standard InChI is InChI=1S/C16H13BrN2OS/c1-9-6-7-10(2)14-13(9)18-16(21-14)19-15(20)11-4-3-5-12(17)8-11/h3-8H,1-2H3,(H,18,19,20). The van der Waals surface area contributed by atoms with Gasteiger partial charge in [0, 0.05) is 10.0 Å². The molecule has 0 saturated carbocycles. The monoisotopic (exact) mass is 360 g/mol. The van der Waals surface area contributed by atoms with Crippen LogP contribution in [0.3, 0.4) is 0 Å². The molecule has 5 heteroatoms. The van der Waals surface area contributed by atoms with Crippen LogP contribution in [0.25, 0.3) is 10.2 Å². The van der Waals surface area contributed by atoms with Crippen molar-refractivity contribution >= 4 is 48.5 Å². The Morgan fingerprint density at radius 2 is 1.95 bits per heavy atom. The summed E-state index contributed by atoms with van der Waals surface area (Å²) in [5.74, 6) is -0.148. The van der Waals surface area contributed by atoms with Crippen LogP contribution < -0.4 is 5.32 Å². The number of fused-ring (bicyclic) bond motifs is 1. The number of aryl methyl sites for hydroxylation is 2.